The number of carbonyl (C=O) groups excluding carboxylic acids is 1. The molecule has 6 nitrogen and oxygen atoms in total. The minimum absolute atomic E-state index is 0.105. The van der Waals surface area contributed by atoms with Gasteiger partial charge in [0.1, 0.15) is 6.04 Å². The van der Waals surface area contributed by atoms with Crippen LogP contribution in [0.15, 0.2) is 53.6 Å². The number of fused-ring (bicyclic) bond motifs is 1. The lowest BCUT2D eigenvalue weighted by molar-refractivity contribution is -0.122. The van der Waals surface area contributed by atoms with Crippen LogP contribution in [0.5, 0.6) is 0 Å². The molecule has 1 aliphatic heterocycles. The first-order valence-corrected chi connectivity index (χ1v) is 10.5. The van der Waals surface area contributed by atoms with E-state index in [0.29, 0.717) is 12.3 Å². The lowest BCUT2D eigenvalue weighted by atomic mass is 9.97. The van der Waals surface area contributed by atoms with E-state index in [1.165, 1.54) is 11.1 Å². The fourth-order valence-corrected chi connectivity index (χ4v) is 4.01. The maximum absolute atomic E-state index is 12.5. The van der Waals surface area contributed by atoms with Crippen molar-refractivity contribution in [1.29, 1.82) is 0 Å². The molecule has 2 atom stereocenters. The summed E-state index contributed by atoms with van der Waals surface area (Å²) >= 11 is 0. The molecule has 156 valence electrons. The van der Waals surface area contributed by atoms with Gasteiger partial charge in [0, 0.05) is 28.2 Å². The minimum Gasteiger partial charge on any atom is -0.358 e. The molecule has 0 aliphatic carbocycles. The van der Waals surface area contributed by atoms with E-state index in [2.05, 4.69) is 64.5 Å². The summed E-state index contributed by atoms with van der Waals surface area (Å²) in [6, 6.07) is 16.5. The molecule has 1 amide bonds. The van der Waals surface area contributed by atoms with Crippen LogP contribution >= 0.6 is 0 Å². The first-order valence-electron chi connectivity index (χ1n) is 10.5. The van der Waals surface area contributed by atoms with E-state index in [9.17, 15) is 4.79 Å². The zero-order valence-electron chi connectivity index (χ0n) is 17.7. The summed E-state index contributed by atoms with van der Waals surface area (Å²) in [6.07, 6.45) is 3.46. The molecule has 2 unspecified atom stereocenters. The Labute approximate surface area is 177 Å². The van der Waals surface area contributed by atoms with Gasteiger partial charge in [0.25, 0.3) is 5.91 Å². The van der Waals surface area contributed by atoms with Crippen LogP contribution in [0.1, 0.15) is 48.7 Å². The Kier molecular flexibility index (Phi) is 5.97. The summed E-state index contributed by atoms with van der Waals surface area (Å²) in [6.45, 7) is 6.45. The van der Waals surface area contributed by atoms with E-state index >= 15 is 0 Å². The number of hydrazine groups is 1. The summed E-state index contributed by atoms with van der Waals surface area (Å²) in [5.41, 5.74) is 14.6. The smallest absolute Gasteiger partial charge is 0.258 e. The quantitative estimate of drug-likeness (QED) is 0.374. The second kappa shape index (κ2) is 8.81. The molecule has 1 aromatic heterocycles. The van der Waals surface area contributed by atoms with Crippen LogP contribution in [0, 0.1) is 12.8 Å². The van der Waals surface area contributed by atoms with Gasteiger partial charge in [-0.3, -0.25) is 4.79 Å². The molecule has 0 radical (unpaired) electrons. The monoisotopic (exact) mass is 403 g/mol. The predicted octanol–water partition coefficient (Wildman–Crippen LogP) is 3.73. The Morgan fingerprint density at radius 2 is 1.93 bits per heavy atom. The van der Waals surface area contributed by atoms with Gasteiger partial charge in [0.2, 0.25) is 0 Å². The second-order valence-electron chi connectivity index (χ2n) is 8.41. The number of hydrazone groups is 1. The van der Waals surface area contributed by atoms with Gasteiger partial charge >= 0.3 is 0 Å². The van der Waals surface area contributed by atoms with Crippen molar-refractivity contribution in [3.8, 4) is 0 Å². The fraction of sp³-hybridized carbons (Fsp3) is 0.333. The van der Waals surface area contributed by atoms with Gasteiger partial charge in [0.15, 0.2) is 0 Å². The molecule has 0 bridgehead atoms. The van der Waals surface area contributed by atoms with Crippen molar-refractivity contribution >= 4 is 23.0 Å². The normalized spacial score (nSPS) is 19.2. The largest absolute Gasteiger partial charge is 0.358 e. The number of para-hydroxylation sites is 1. The summed E-state index contributed by atoms with van der Waals surface area (Å²) < 4.78 is 0. The number of benzene rings is 2. The van der Waals surface area contributed by atoms with E-state index in [1.807, 2.05) is 31.2 Å². The van der Waals surface area contributed by atoms with Crippen molar-refractivity contribution in [3.05, 3.63) is 70.9 Å². The molecule has 1 fully saturated rings. The first-order chi connectivity index (χ1) is 14.5. The Morgan fingerprint density at radius 3 is 2.70 bits per heavy atom. The van der Waals surface area contributed by atoms with Crippen LogP contribution in [-0.4, -0.2) is 23.1 Å². The molecule has 1 aliphatic rings. The zero-order chi connectivity index (χ0) is 21.1. The van der Waals surface area contributed by atoms with Crippen LogP contribution in [0.4, 0.5) is 0 Å². The number of nitrogens with one attached hydrogen (secondary N) is 4. The Morgan fingerprint density at radius 1 is 1.17 bits per heavy atom. The van der Waals surface area contributed by atoms with Crippen LogP contribution in [0.2, 0.25) is 0 Å². The lowest BCUT2D eigenvalue weighted by Crippen LogP contribution is -2.41. The molecule has 30 heavy (non-hydrogen) atoms. The third kappa shape index (κ3) is 4.45. The van der Waals surface area contributed by atoms with Crippen molar-refractivity contribution in [2.45, 2.75) is 45.7 Å². The number of aromatic amines is 1. The number of carbonyl (C=O) groups is 1. The van der Waals surface area contributed by atoms with Gasteiger partial charge < -0.3 is 4.98 Å². The van der Waals surface area contributed by atoms with E-state index in [-0.39, 0.29) is 18.0 Å². The van der Waals surface area contributed by atoms with Crippen molar-refractivity contribution < 1.29 is 4.79 Å². The first kappa shape index (κ1) is 20.3. The number of nitrogens with zero attached hydrogens (tertiary/aromatic N) is 1. The van der Waals surface area contributed by atoms with Gasteiger partial charge in [-0.05, 0) is 42.9 Å². The van der Waals surface area contributed by atoms with Gasteiger partial charge in [-0.15, -0.1) is 0 Å². The third-order valence-corrected chi connectivity index (χ3v) is 5.56. The number of aryl methyl sites for hydroxylation is 1. The summed E-state index contributed by atoms with van der Waals surface area (Å²) in [4.78, 5) is 15.9. The number of amides is 1. The number of rotatable bonds is 6. The summed E-state index contributed by atoms with van der Waals surface area (Å²) in [5.74, 6) is 0.499. The highest BCUT2D eigenvalue weighted by molar-refractivity contribution is 6.00. The number of hydrogen-bond donors (Lipinski definition) is 4. The molecule has 3 aromatic rings. The average Bonchev–Trinajstić information content (AvgIpc) is 3.33. The minimum atomic E-state index is -0.327. The number of hydrogen-bond acceptors (Lipinski definition) is 4. The maximum Gasteiger partial charge on any atom is 0.258 e. The highest BCUT2D eigenvalue weighted by Crippen LogP contribution is 2.23. The van der Waals surface area contributed by atoms with Gasteiger partial charge in [-0.1, -0.05) is 56.3 Å². The highest BCUT2D eigenvalue weighted by Gasteiger charge is 2.30. The standard InChI is InChI=1S/C24H29N5O/c1-15(2)12-17-8-10-18(11-9-17)22-13-23(28-27-22)24(30)29-25-14-20-16(3)26-21-7-5-4-6-19(20)21/h4-11,14-15,22-23,26-28H,12-13H2,1-3H3,(H,29,30)/b25-14+. The number of H-pyrrole nitrogens is 1. The molecule has 0 spiro atoms. The van der Waals surface area contributed by atoms with Gasteiger partial charge in [-0.2, -0.15) is 5.10 Å². The maximum atomic E-state index is 12.5. The molecule has 4 N–H and O–H groups in total. The summed E-state index contributed by atoms with van der Waals surface area (Å²) in [5, 5.41) is 5.29. The lowest BCUT2D eigenvalue weighted by Gasteiger charge is -2.11. The van der Waals surface area contributed by atoms with E-state index < -0.39 is 0 Å². The Hall–Kier alpha value is -2.96. The molecule has 6 heteroatoms. The van der Waals surface area contributed by atoms with Crippen molar-refractivity contribution in [2.24, 2.45) is 11.0 Å². The molecular weight excluding hydrogens is 374 g/mol. The SMILES string of the molecule is Cc1[nH]c2ccccc2c1/C=N/NC(=O)C1CC(c2ccc(CC(C)C)cc2)NN1. The van der Waals surface area contributed by atoms with E-state index in [1.54, 1.807) is 6.21 Å². The average molecular weight is 404 g/mol. The fourth-order valence-electron chi connectivity index (χ4n) is 4.01. The Bertz CT molecular complexity index is 1050. The summed E-state index contributed by atoms with van der Waals surface area (Å²) in [7, 11) is 0. The van der Waals surface area contributed by atoms with Crippen LogP contribution in [0.3, 0.4) is 0 Å². The molecular formula is C24H29N5O. The van der Waals surface area contributed by atoms with Gasteiger partial charge in [0.05, 0.1) is 6.21 Å². The van der Waals surface area contributed by atoms with Crippen LogP contribution in [0.25, 0.3) is 10.9 Å². The van der Waals surface area contributed by atoms with Crippen LogP contribution in [-0.2, 0) is 11.2 Å². The van der Waals surface area contributed by atoms with E-state index in [4.69, 9.17) is 0 Å². The van der Waals surface area contributed by atoms with Crippen molar-refractivity contribution in [3.63, 3.8) is 0 Å². The molecule has 4 rings (SSSR count). The molecule has 2 heterocycles. The zero-order valence-corrected chi connectivity index (χ0v) is 17.7. The highest BCUT2D eigenvalue weighted by atomic mass is 16.2. The molecule has 1 saturated heterocycles. The van der Waals surface area contributed by atoms with E-state index in [0.717, 1.165) is 28.6 Å². The molecule has 0 saturated carbocycles. The Balaban J connectivity index is 1.34. The van der Waals surface area contributed by atoms with Crippen LogP contribution < -0.4 is 16.3 Å². The number of aromatic nitrogens is 1. The molecule has 2 aromatic carbocycles. The van der Waals surface area contributed by atoms with Crippen molar-refractivity contribution in [2.75, 3.05) is 0 Å². The van der Waals surface area contributed by atoms with Crippen molar-refractivity contribution in [1.82, 2.24) is 21.3 Å². The second-order valence-corrected chi connectivity index (χ2v) is 8.41. The third-order valence-electron chi connectivity index (χ3n) is 5.56. The van der Waals surface area contributed by atoms with Gasteiger partial charge in [-0.25, -0.2) is 16.3 Å². The topological polar surface area (TPSA) is 81.3 Å². The predicted molar refractivity (Wildman–Crippen MR) is 121 cm³/mol.